The van der Waals surface area contributed by atoms with E-state index in [4.69, 9.17) is 19.2 Å². The molecule has 6 heteroatoms. The van der Waals surface area contributed by atoms with Crippen LogP contribution >= 0.6 is 0 Å². The van der Waals surface area contributed by atoms with Gasteiger partial charge in [-0.25, -0.2) is 9.78 Å². The molecule has 3 atom stereocenters. The second kappa shape index (κ2) is 5.88. The van der Waals surface area contributed by atoms with Gasteiger partial charge in [0.1, 0.15) is 5.60 Å². The second-order valence-electron chi connectivity index (χ2n) is 5.23. The van der Waals surface area contributed by atoms with E-state index in [0.29, 0.717) is 13.2 Å². The molecule has 2 aliphatic rings. The van der Waals surface area contributed by atoms with Crippen molar-refractivity contribution in [3.63, 3.8) is 0 Å². The van der Waals surface area contributed by atoms with Gasteiger partial charge in [0, 0.05) is 32.1 Å². The number of hydrogen-bond acceptors (Lipinski definition) is 6. The fourth-order valence-corrected chi connectivity index (χ4v) is 2.99. The minimum Gasteiger partial charge on any atom is -0.466 e. The van der Waals surface area contributed by atoms with Crippen LogP contribution in [0.3, 0.4) is 0 Å². The second-order valence-corrected chi connectivity index (χ2v) is 5.23. The predicted molar refractivity (Wildman–Crippen MR) is 63.9 cm³/mol. The average molecular weight is 272 g/mol. The van der Waals surface area contributed by atoms with Crippen molar-refractivity contribution in [2.24, 2.45) is 11.8 Å². The van der Waals surface area contributed by atoms with Crippen molar-refractivity contribution >= 4 is 11.9 Å². The highest BCUT2D eigenvalue weighted by Gasteiger charge is 2.53. The van der Waals surface area contributed by atoms with Gasteiger partial charge in [0.15, 0.2) is 0 Å². The molecular formula is C13H20O6. The number of carbonyl (C=O) groups is 2. The maximum absolute atomic E-state index is 11.0. The number of esters is 2. The molecule has 0 amide bonds. The highest BCUT2D eigenvalue weighted by Crippen LogP contribution is 2.47. The van der Waals surface area contributed by atoms with Crippen LogP contribution < -0.4 is 0 Å². The Morgan fingerprint density at radius 2 is 1.84 bits per heavy atom. The molecule has 0 N–H and O–H groups in total. The summed E-state index contributed by atoms with van der Waals surface area (Å²) in [5.74, 6) is -0.453. The summed E-state index contributed by atoms with van der Waals surface area (Å²) in [7, 11) is 0. The summed E-state index contributed by atoms with van der Waals surface area (Å²) in [6.45, 7) is 3.95. The summed E-state index contributed by atoms with van der Waals surface area (Å²) in [5, 5.41) is 0. The molecule has 108 valence electrons. The van der Waals surface area contributed by atoms with Gasteiger partial charge in [0.25, 0.3) is 0 Å². The summed E-state index contributed by atoms with van der Waals surface area (Å²) in [6.07, 6.45) is 2.50. The van der Waals surface area contributed by atoms with Gasteiger partial charge in [-0.3, -0.25) is 9.59 Å². The van der Waals surface area contributed by atoms with Crippen LogP contribution in [0.2, 0.25) is 0 Å². The molecule has 0 aromatic carbocycles. The lowest BCUT2D eigenvalue weighted by molar-refractivity contribution is -0.319. The van der Waals surface area contributed by atoms with Gasteiger partial charge in [0.05, 0.1) is 19.8 Å². The van der Waals surface area contributed by atoms with E-state index >= 15 is 0 Å². The van der Waals surface area contributed by atoms with E-state index in [-0.39, 0.29) is 36.0 Å². The molecule has 6 nitrogen and oxygen atoms in total. The molecule has 1 heterocycles. The van der Waals surface area contributed by atoms with Crippen LogP contribution in [0.15, 0.2) is 0 Å². The molecular weight excluding hydrogens is 252 g/mol. The van der Waals surface area contributed by atoms with Crippen molar-refractivity contribution < 1.29 is 28.8 Å². The maximum Gasteiger partial charge on any atom is 0.302 e. The summed E-state index contributed by atoms with van der Waals surface area (Å²) in [4.78, 5) is 32.4. The first-order valence-corrected chi connectivity index (χ1v) is 6.61. The lowest BCUT2D eigenvalue weighted by Crippen LogP contribution is -2.39. The summed E-state index contributed by atoms with van der Waals surface area (Å²) in [5.41, 5.74) is -0.389. The number of carbonyl (C=O) groups excluding carboxylic acids is 2. The highest BCUT2D eigenvalue weighted by atomic mass is 17.2. The Kier molecular flexibility index (Phi) is 4.42. The van der Waals surface area contributed by atoms with Gasteiger partial charge < -0.3 is 9.47 Å². The molecule has 0 bridgehead atoms. The van der Waals surface area contributed by atoms with Gasteiger partial charge in [0.2, 0.25) is 0 Å². The van der Waals surface area contributed by atoms with Crippen molar-refractivity contribution in [1.82, 2.24) is 0 Å². The molecule has 0 radical (unpaired) electrons. The number of hydrogen-bond donors (Lipinski definition) is 0. The average Bonchev–Trinajstić information content (AvgIpc) is 2.93. The van der Waals surface area contributed by atoms with E-state index in [9.17, 15) is 9.59 Å². The first-order chi connectivity index (χ1) is 9.03. The van der Waals surface area contributed by atoms with Gasteiger partial charge in [-0.15, -0.1) is 0 Å². The van der Waals surface area contributed by atoms with Crippen LogP contribution in [0.25, 0.3) is 0 Å². The molecule has 0 aromatic rings. The Morgan fingerprint density at radius 1 is 1.16 bits per heavy atom. The van der Waals surface area contributed by atoms with Gasteiger partial charge in [-0.05, 0) is 12.8 Å². The van der Waals surface area contributed by atoms with E-state index in [2.05, 4.69) is 0 Å². The quantitative estimate of drug-likeness (QED) is 0.566. The molecule has 1 saturated carbocycles. The van der Waals surface area contributed by atoms with Crippen LogP contribution in [0.1, 0.15) is 33.1 Å². The Balaban J connectivity index is 2.01. The molecule has 0 aromatic heterocycles. The number of ether oxygens (including phenoxy) is 2. The largest absolute Gasteiger partial charge is 0.466 e. The molecule has 1 saturated heterocycles. The molecule has 2 fully saturated rings. The van der Waals surface area contributed by atoms with E-state index in [1.807, 2.05) is 0 Å². The zero-order valence-corrected chi connectivity index (χ0v) is 11.3. The Hall–Kier alpha value is -1.14. The van der Waals surface area contributed by atoms with Crippen molar-refractivity contribution in [2.45, 2.75) is 38.7 Å². The fourth-order valence-electron chi connectivity index (χ4n) is 2.99. The standard InChI is InChI=1S/C13H20O6/c1-9(14)16-7-11-3-4-13(5-6-18-19-13)12(11)8-17-10(2)15/h11-12H,3-8H2,1-2H3/t11-,12-,13?/m1/s1. The zero-order chi connectivity index (χ0) is 13.9. The third kappa shape index (κ3) is 3.25. The smallest absolute Gasteiger partial charge is 0.302 e. The lowest BCUT2D eigenvalue weighted by atomic mass is 9.84. The molecule has 19 heavy (non-hydrogen) atoms. The Morgan fingerprint density at radius 3 is 2.42 bits per heavy atom. The van der Waals surface area contributed by atoms with E-state index < -0.39 is 0 Å². The SMILES string of the molecule is CC(=O)OC[C@H]1CCC2(CCOO2)[C@@H]1COC(C)=O. The van der Waals surface area contributed by atoms with Gasteiger partial charge >= 0.3 is 11.9 Å². The Labute approximate surface area is 112 Å². The van der Waals surface area contributed by atoms with E-state index in [1.165, 1.54) is 13.8 Å². The third-order valence-electron chi connectivity index (χ3n) is 3.98. The van der Waals surface area contributed by atoms with Gasteiger partial charge in [-0.1, -0.05) is 0 Å². The van der Waals surface area contributed by atoms with Crippen LogP contribution in [-0.4, -0.2) is 37.4 Å². The summed E-state index contributed by atoms with van der Waals surface area (Å²) in [6, 6.07) is 0. The molecule has 1 aliphatic carbocycles. The van der Waals surface area contributed by atoms with Gasteiger partial charge in [-0.2, -0.15) is 0 Å². The number of rotatable bonds is 4. The van der Waals surface area contributed by atoms with Crippen LogP contribution in [-0.2, 0) is 28.8 Å². The normalized spacial score (nSPS) is 33.6. The van der Waals surface area contributed by atoms with Crippen molar-refractivity contribution in [3.05, 3.63) is 0 Å². The minimum absolute atomic E-state index is 0.0123. The summed E-state index contributed by atoms with van der Waals surface area (Å²) >= 11 is 0. The highest BCUT2D eigenvalue weighted by molar-refractivity contribution is 5.66. The van der Waals surface area contributed by atoms with Crippen molar-refractivity contribution in [1.29, 1.82) is 0 Å². The monoisotopic (exact) mass is 272 g/mol. The maximum atomic E-state index is 11.0. The third-order valence-corrected chi connectivity index (χ3v) is 3.98. The van der Waals surface area contributed by atoms with Crippen LogP contribution in [0.5, 0.6) is 0 Å². The van der Waals surface area contributed by atoms with Crippen molar-refractivity contribution in [3.8, 4) is 0 Å². The zero-order valence-electron chi connectivity index (χ0n) is 11.3. The molecule has 1 aliphatic heterocycles. The molecule has 1 spiro atoms. The summed E-state index contributed by atoms with van der Waals surface area (Å²) < 4.78 is 10.2. The fraction of sp³-hybridized carbons (Fsp3) is 0.846. The lowest BCUT2D eigenvalue weighted by Gasteiger charge is -2.30. The van der Waals surface area contributed by atoms with E-state index in [0.717, 1.165) is 19.3 Å². The first kappa shape index (κ1) is 14.3. The topological polar surface area (TPSA) is 71.1 Å². The Bertz CT molecular complexity index is 347. The minimum atomic E-state index is -0.389. The molecule has 2 rings (SSSR count). The van der Waals surface area contributed by atoms with Crippen LogP contribution in [0.4, 0.5) is 0 Å². The predicted octanol–water partition coefficient (Wildman–Crippen LogP) is 1.23. The molecule has 1 unspecified atom stereocenters. The van der Waals surface area contributed by atoms with Crippen molar-refractivity contribution in [2.75, 3.05) is 19.8 Å². The van der Waals surface area contributed by atoms with Crippen LogP contribution in [0, 0.1) is 11.8 Å². The van der Waals surface area contributed by atoms with E-state index in [1.54, 1.807) is 0 Å². The first-order valence-electron chi connectivity index (χ1n) is 6.61.